The van der Waals surface area contributed by atoms with Crippen molar-refractivity contribution in [3.8, 4) is 12.1 Å². The van der Waals surface area contributed by atoms with Gasteiger partial charge in [-0.3, -0.25) is 0 Å². The first-order chi connectivity index (χ1) is 13.5. The van der Waals surface area contributed by atoms with Crippen molar-refractivity contribution < 1.29 is 0 Å². The molecular formula is C18H10B2N6S2. The number of hydrogen-bond donors (Lipinski definition) is 0. The highest BCUT2D eigenvalue weighted by molar-refractivity contribution is 7.11. The fraction of sp³-hybridized carbons (Fsp3) is 0.111. The van der Waals surface area contributed by atoms with Crippen molar-refractivity contribution in [2.45, 2.75) is 13.8 Å². The maximum Gasteiger partial charge on any atom is 0.234 e. The highest BCUT2D eigenvalue weighted by Crippen LogP contribution is 2.23. The van der Waals surface area contributed by atoms with Gasteiger partial charge in [-0.05, 0) is 13.8 Å². The monoisotopic (exact) mass is 396 g/mol. The average Bonchev–Trinajstić information content (AvgIpc) is 3.47. The highest BCUT2D eigenvalue weighted by atomic mass is 32.1. The summed E-state index contributed by atoms with van der Waals surface area (Å²) in [5.74, 6) is 0. The van der Waals surface area contributed by atoms with Gasteiger partial charge in [0.1, 0.15) is 33.3 Å². The Kier molecular flexibility index (Phi) is 4.46. The standard InChI is InChI=1S/C18H10B2N6S2/c1-9-13-14(16(25(9)19)12(8-22)18-24-4-6-28-18)10(2)26(20)15(13)11(7-21)17-23-3-5-27-17/h3-6H,1-2H3/b15-11-,16-12-. The van der Waals surface area contributed by atoms with Crippen LogP contribution in [0.1, 0.15) is 21.4 Å². The van der Waals surface area contributed by atoms with Crippen molar-refractivity contribution in [1.82, 2.24) is 18.9 Å². The molecule has 0 N–H and O–H groups in total. The van der Waals surface area contributed by atoms with Crippen molar-refractivity contribution in [1.29, 1.82) is 10.5 Å². The minimum Gasteiger partial charge on any atom is -0.399 e. The van der Waals surface area contributed by atoms with Crippen LogP contribution in [0.15, 0.2) is 23.2 Å². The minimum atomic E-state index is 0.364. The molecule has 130 valence electrons. The molecule has 0 bridgehead atoms. The molecule has 0 amide bonds. The molecule has 4 radical (unpaired) electrons. The fourth-order valence-electron chi connectivity index (χ4n) is 3.35. The lowest BCUT2D eigenvalue weighted by molar-refractivity contribution is 1.07. The van der Waals surface area contributed by atoms with Crippen molar-refractivity contribution in [2.24, 2.45) is 0 Å². The molecule has 0 spiro atoms. The van der Waals surface area contributed by atoms with Gasteiger partial charge in [-0.15, -0.1) is 22.7 Å². The molecule has 6 nitrogen and oxygen atoms in total. The van der Waals surface area contributed by atoms with Crippen LogP contribution in [0.4, 0.5) is 0 Å². The summed E-state index contributed by atoms with van der Waals surface area (Å²) in [7, 11) is 12.7. The second-order valence-electron chi connectivity index (χ2n) is 6.01. The lowest BCUT2D eigenvalue weighted by Crippen LogP contribution is -2.23. The van der Waals surface area contributed by atoms with Gasteiger partial charge in [0.2, 0.25) is 16.0 Å². The van der Waals surface area contributed by atoms with Crippen molar-refractivity contribution in [3.63, 3.8) is 0 Å². The van der Waals surface area contributed by atoms with E-state index in [1.54, 1.807) is 23.2 Å². The Balaban J connectivity index is 2.33. The molecule has 0 aliphatic rings. The third-order valence-corrected chi connectivity index (χ3v) is 6.22. The van der Waals surface area contributed by atoms with Gasteiger partial charge in [-0.1, -0.05) is 0 Å². The number of hydrogen-bond acceptors (Lipinski definition) is 6. The zero-order valence-electron chi connectivity index (χ0n) is 15.0. The van der Waals surface area contributed by atoms with E-state index in [4.69, 9.17) is 16.0 Å². The van der Waals surface area contributed by atoms with E-state index >= 15 is 0 Å². The molecule has 0 saturated carbocycles. The summed E-state index contributed by atoms with van der Waals surface area (Å²) >= 11 is 2.72. The van der Waals surface area contributed by atoms with Crippen LogP contribution >= 0.6 is 22.7 Å². The van der Waals surface area contributed by atoms with Crippen LogP contribution in [0.3, 0.4) is 0 Å². The van der Waals surface area contributed by atoms with Gasteiger partial charge in [-0.25, -0.2) is 9.97 Å². The average molecular weight is 396 g/mol. The molecule has 0 saturated heterocycles. The summed E-state index contributed by atoms with van der Waals surface area (Å²) in [6.07, 6.45) is 3.28. The van der Waals surface area contributed by atoms with Crippen LogP contribution in [-0.4, -0.2) is 34.9 Å². The zero-order valence-corrected chi connectivity index (χ0v) is 16.6. The fourth-order valence-corrected chi connectivity index (χ4v) is 4.61. The lowest BCUT2D eigenvalue weighted by Gasteiger charge is -2.05. The Bertz CT molecular complexity index is 1300. The van der Waals surface area contributed by atoms with Crippen LogP contribution in [0, 0.1) is 36.5 Å². The first-order valence-electron chi connectivity index (χ1n) is 8.12. The number of aryl methyl sites for hydroxylation is 2. The van der Waals surface area contributed by atoms with E-state index in [-0.39, 0.29) is 0 Å². The molecule has 0 atom stereocenters. The Labute approximate surface area is 171 Å². The largest absolute Gasteiger partial charge is 0.399 e. The van der Waals surface area contributed by atoms with E-state index in [2.05, 4.69) is 22.1 Å². The second-order valence-corrected chi connectivity index (χ2v) is 7.80. The third kappa shape index (κ3) is 2.46. The molecule has 4 aromatic heterocycles. The second kappa shape index (κ2) is 6.83. The lowest BCUT2D eigenvalue weighted by atomic mass is 10.1. The molecule has 0 aliphatic carbocycles. The molecule has 0 fully saturated rings. The van der Waals surface area contributed by atoms with Crippen molar-refractivity contribution >= 4 is 60.6 Å². The van der Waals surface area contributed by atoms with Gasteiger partial charge < -0.3 is 8.96 Å². The quantitative estimate of drug-likeness (QED) is 0.478. The number of aromatic nitrogens is 4. The number of nitriles is 2. The zero-order chi connectivity index (χ0) is 20.0. The summed E-state index contributed by atoms with van der Waals surface area (Å²) in [5, 5.41) is 26.9. The Morgan fingerprint density at radius 3 is 1.54 bits per heavy atom. The van der Waals surface area contributed by atoms with E-state index in [0.717, 1.165) is 10.8 Å². The number of fused-ring (bicyclic) bond motifs is 1. The number of thiazole rings is 2. The van der Waals surface area contributed by atoms with Crippen molar-refractivity contribution in [2.75, 3.05) is 0 Å². The molecule has 28 heavy (non-hydrogen) atoms. The van der Waals surface area contributed by atoms with Gasteiger partial charge in [-0.2, -0.15) is 10.5 Å². The molecule has 0 unspecified atom stereocenters. The Hall–Kier alpha value is -3.07. The molecule has 4 rings (SSSR count). The molecular weight excluding hydrogens is 386 g/mol. The Morgan fingerprint density at radius 1 is 0.857 bits per heavy atom. The van der Waals surface area contributed by atoms with E-state index in [9.17, 15) is 10.5 Å². The Morgan fingerprint density at radius 2 is 1.25 bits per heavy atom. The summed E-state index contributed by atoms with van der Waals surface area (Å²) in [5.41, 5.74) is 2.12. The number of rotatable bonds is 2. The van der Waals surface area contributed by atoms with Gasteiger partial charge in [0.05, 0.1) is 10.7 Å². The van der Waals surface area contributed by atoms with Gasteiger partial charge in [0.15, 0.2) is 0 Å². The van der Waals surface area contributed by atoms with E-state index in [0.29, 0.717) is 43.2 Å². The molecule has 0 aromatic carbocycles. The first kappa shape index (κ1) is 18.3. The minimum absolute atomic E-state index is 0.364. The SMILES string of the molecule is [B]n1c(C)c2/c(=C(\C#N)c3nccs3)n([B])c(C)c2/c1=C(\C#N)c1nccs1. The van der Waals surface area contributed by atoms with Crippen LogP contribution < -0.4 is 10.7 Å². The summed E-state index contributed by atoms with van der Waals surface area (Å²) in [4.78, 5) is 8.52. The van der Waals surface area contributed by atoms with E-state index < -0.39 is 0 Å². The molecule has 10 heteroatoms. The van der Waals surface area contributed by atoms with Crippen LogP contribution in [0.25, 0.3) is 21.9 Å². The van der Waals surface area contributed by atoms with Crippen LogP contribution in [0.5, 0.6) is 0 Å². The molecule has 4 aromatic rings. The summed E-state index contributed by atoms with van der Waals surface area (Å²) in [6, 6.07) is 4.45. The third-order valence-electron chi connectivity index (χ3n) is 4.64. The maximum absolute atomic E-state index is 9.82. The predicted octanol–water partition coefficient (Wildman–Crippen LogP) is 1.28. The molecule has 0 aliphatic heterocycles. The van der Waals surface area contributed by atoms with Crippen molar-refractivity contribution in [3.05, 3.63) is 55.3 Å². The van der Waals surface area contributed by atoms with E-state index in [1.165, 1.54) is 31.6 Å². The highest BCUT2D eigenvalue weighted by Gasteiger charge is 2.21. The van der Waals surface area contributed by atoms with Crippen LogP contribution in [-0.2, 0) is 0 Å². The normalized spacial score (nSPS) is 13.3. The first-order valence-corrected chi connectivity index (χ1v) is 9.88. The maximum atomic E-state index is 9.82. The van der Waals surface area contributed by atoms with Gasteiger partial charge in [0.25, 0.3) is 0 Å². The predicted molar refractivity (Wildman–Crippen MR) is 111 cm³/mol. The summed E-state index contributed by atoms with van der Waals surface area (Å²) in [6.45, 7) is 3.67. The smallest absolute Gasteiger partial charge is 0.234 e. The topological polar surface area (TPSA) is 83.2 Å². The van der Waals surface area contributed by atoms with Gasteiger partial charge >= 0.3 is 0 Å². The summed E-state index contributed by atoms with van der Waals surface area (Å²) < 4.78 is 2.94. The molecule has 4 heterocycles. The van der Waals surface area contributed by atoms with E-state index in [1.807, 2.05) is 13.8 Å². The van der Waals surface area contributed by atoms with Gasteiger partial charge in [0, 0.05) is 45.3 Å². The van der Waals surface area contributed by atoms with Crippen LogP contribution in [0.2, 0.25) is 0 Å². The number of nitrogens with zero attached hydrogens (tertiary/aromatic N) is 6.